The molecule has 0 saturated carbocycles. The van der Waals surface area contributed by atoms with Crippen molar-refractivity contribution in [3.63, 3.8) is 0 Å². The standard InChI is InChI=1S/C25H29N5O2S/c1-18-8-9-20(19(2)14-18)28-24(31)16-33-25-15-23(26-17-27-25)30-12-10-29(11-13-30)21-6-4-5-7-22(21)32-3/h4-9,14-15,17H,10-13,16H2,1-3H3,(H,28,31). The number of hydrogen-bond donors (Lipinski definition) is 1. The van der Waals surface area contributed by atoms with Gasteiger partial charge in [-0.2, -0.15) is 0 Å². The number of para-hydroxylation sites is 2. The summed E-state index contributed by atoms with van der Waals surface area (Å²) in [7, 11) is 1.71. The largest absolute Gasteiger partial charge is 0.495 e. The summed E-state index contributed by atoms with van der Waals surface area (Å²) in [6, 6.07) is 16.1. The third kappa shape index (κ3) is 5.76. The summed E-state index contributed by atoms with van der Waals surface area (Å²) in [5.74, 6) is 2.04. The number of piperazine rings is 1. The highest BCUT2D eigenvalue weighted by atomic mass is 32.2. The molecule has 0 unspecified atom stereocenters. The number of amides is 1. The number of thioether (sulfide) groups is 1. The molecule has 1 aromatic heterocycles. The third-order valence-electron chi connectivity index (χ3n) is 5.66. The molecule has 3 aromatic rings. The molecule has 1 N–H and O–H groups in total. The second-order valence-electron chi connectivity index (χ2n) is 8.02. The Hall–Kier alpha value is -3.26. The minimum absolute atomic E-state index is 0.0439. The molecule has 1 fully saturated rings. The van der Waals surface area contributed by atoms with Gasteiger partial charge in [-0.05, 0) is 37.6 Å². The van der Waals surface area contributed by atoms with Gasteiger partial charge in [-0.15, -0.1) is 0 Å². The number of anilines is 3. The quantitative estimate of drug-likeness (QED) is 0.417. The summed E-state index contributed by atoms with van der Waals surface area (Å²) in [5, 5.41) is 3.78. The van der Waals surface area contributed by atoms with Crippen molar-refractivity contribution in [2.45, 2.75) is 18.9 Å². The highest BCUT2D eigenvalue weighted by Gasteiger charge is 2.21. The number of aromatic nitrogens is 2. The topological polar surface area (TPSA) is 70.6 Å². The van der Waals surface area contributed by atoms with Gasteiger partial charge in [0, 0.05) is 37.9 Å². The first-order valence-electron chi connectivity index (χ1n) is 11.0. The van der Waals surface area contributed by atoms with Crippen LogP contribution in [0.5, 0.6) is 5.75 Å². The number of carbonyl (C=O) groups is 1. The first kappa shape index (κ1) is 22.9. The van der Waals surface area contributed by atoms with Crippen LogP contribution in [0.25, 0.3) is 0 Å². The lowest BCUT2D eigenvalue weighted by Gasteiger charge is -2.37. The number of rotatable bonds is 7. The highest BCUT2D eigenvalue weighted by Crippen LogP contribution is 2.29. The monoisotopic (exact) mass is 463 g/mol. The van der Waals surface area contributed by atoms with E-state index in [0.717, 1.165) is 59.7 Å². The predicted octanol–water partition coefficient (Wildman–Crippen LogP) is 4.16. The summed E-state index contributed by atoms with van der Waals surface area (Å²) in [6.45, 7) is 7.51. The van der Waals surface area contributed by atoms with E-state index in [9.17, 15) is 4.79 Å². The van der Waals surface area contributed by atoms with Crippen molar-refractivity contribution >= 4 is 34.9 Å². The fraction of sp³-hybridized carbons (Fsp3) is 0.320. The average Bonchev–Trinajstić information content (AvgIpc) is 2.85. The number of ether oxygens (including phenoxy) is 1. The van der Waals surface area contributed by atoms with Gasteiger partial charge in [0.05, 0.1) is 18.6 Å². The second-order valence-corrected chi connectivity index (χ2v) is 9.01. The van der Waals surface area contributed by atoms with E-state index in [0.29, 0.717) is 5.75 Å². The zero-order chi connectivity index (χ0) is 23.2. The lowest BCUT2D eigenvalue weighted by atomic mass is 10.1. The molecule has 2 heterocycles. The number of carbonyl (C=O) groups excluding carboxylic acids is 1. The average molecular weight is 464 g/mol. The Morgan fingerprint density at radius 3 is 2.55 bits per heavy atom. The molecule has 7 nitrogen and oxygen atoms in total. The Kier molecular flexibility index (Phi) is 7.34. The van der Waals surface area contributed by atoms with Gasteiger partial charge in [-0.25, -0.2) is 9.97 Å². The molecular weight excluding hydrogens is 434 g/mol. The van der Waals surface area contributed by atoms with Crippen LogP contribution in [0.1, 0.15) is 11.1 Å². The smallest absolute Gasteiger partial charge is 0.234 e. The van der Waals surface area contributed by atoms with E-state index in [4.69, 9.17) is 4.74 Å². The van der Waals surface area contributed by atoms with E-state index >= 15 is 0 Å². The minimum Gasteiger partial charge on any atom is -0.495 e. The zero-order valence-electron chi connectivity index (χ0n) is 19.2. The Morgan fingerprint density at radius 1 is 1.03 bits per heavy atom. The summed E-state index contributed by atoms with van der Waals surface area (Å²) in [5.41, 5.74) is 4.21. The first-order chi connectivity index (χ1) is 16.0. The molecule has 0 aliphatic carbocycles. The molecule has 0 spiro atoms. The second kappa shape index (κ2) is 10.6. The molecular formula is C25H29N5O2S. The van der Waals surface area contributed by atoms with Gasteiger partial charge in [0.15, 0.2) is 0 Å². The molecule has 1 saturated heterocycles. The van der Waals surface area contributed by atoms with Crippen molar-refractivity contribution < 1.29 is 9.53 Å². The number of nitrogens with zero attached hydrogens (tertiary/aromatic N) is 4. The molecule has 1 amide bonds. The van der Waals surface area contributed by atoms with Gasteiger partial charge in [-0.3, -0.25) is 4.79 Å². The molecule has 4 rings (SSSR count). The summed E-state index contributed by atoms with van der Waals surface area (Å²) >= 11 is 1.42. The van der Waals surface area contributed by atoms with E-state index < -0.39 is 0 Å². The number of benzene rings is 2. The van der Waals surface area contributed by atoms with Crippen molar-refractivity contribution in [1.82, 2.24) is 9.97 Å². The maximum atomic E-state index is 12.4. The van der Waals surface area contributed by atoms with E-state index in [1.54, 1.807) is 13.4 Å². The Balaban J connectivity index is 1.32. The van der Waals surface area contributed by atoms with E-state index in [1.165, 1.54) is 17.3 Å². The fourth-order valence-electron chi connectivity index (χ4n) is 3.93. The SMILES string of the molecule is COc1ccccc1N1CCN(c2cc(SCC(=O)Nc3ccc(C)cc3C)ncn2)CC1. The lowest BCUT2D eigenvalue weighted by Crippen LogP contribution is -2.47. The summed E-state index contributed by atoms with van der Waals surface area (Å²) in [6.07, 6.45) is 1.58. The van der Waals surface area contributed by atoms with Crippen LogP contribution < -0.4 is 19.9 Å². The van der Waals surface area contributed by atoms with Crippen LogP contribution in [0, 0.1) is 13.8 Å². The van der Waals surface area contributed by atoms with Crippen molar-refractivity contribution in [3.8, 4) is 5.75 Å². The van der Waals surface area contributed by atoms with Crippen molar-refractivity contribution in [3.05, 3.63) is 66.0 Å². The van der Waals surface area contributed by atoms with Crippen LogP contribution in [-0.2, 0) is 4.79 Å². The molecule has 0 radical (unpaired) electrons. The molecule has 172 valence electrons. The molecule has 33 heavy (non-hydrogen) atoms. The maximum Gasteiger partial charge on any atom is 0.234 e. The third-order valence-corrected chi connectivity index (χ3v) is 6.59. The normalized spacial score (nSPS) is 13.7. The molecule has 8 heteroatoms. The Labute approximate surface area is 199 Å². The van der Waals surface area contributed by atoms with Gasteiger partial charge in [0.2, 0.25) is 5.91 Å². The summed E-state index contributed by atoms with van der Waals surface area (Å²) < 4.78 is 5.51. The van der Waals surface area contributed by atoms with Gasteiger partial charge in [0.1, 0.15) is 22.9 Å². The van der Waals surface area contributed by atoms with Crippen molar-refractivity contribution in [2.75, 3.05) is 54.2 Å². The maximum absolute atomic E-state index is 12.4. The first-order valence-corrected chi connectivity index (χ1v) is 12.0. The van der Waals surface area contributed by atoms with Gasteiger partial charge in [0.25, 0.3) is 0 Å². The van der Waals surface area contributed by atoms with Crippen molar-refractivity contribution in [1.29, 1.82) is 0 Å². The fourth-order valence-corrected chi connectivity index (χ4v) is 4.59. The Morgan fingerprint density at radius 2 is 1.79 bits per heavy atom. The zero-order valence-corrected chi connectivity index (χ0v) is 20.1. The highest BCUT2D eigenvalue weighted by molar-refractivity contribution is 7.99. The van der Waals surface area contributed by atoms with Crippen LogP contribution in [0.4, 0.5) is 17.2 Å². The van der Waals surface area contributed by atoms with Gasteiger partial charge < -0.3 is 19.9 Å². The van der Waals surface area contributed by atoms with Crippen LogP contribution in [0.2, 0.25) is 0 Å². The number of aryl methyl sites for hydroxylation is 2. The van der Waals surface area contributed by atoms with Crippen molar-refractivity contribution in [2.24, 2.45) is 0 Å². The Bertz CT molecular complexity index is 1120. The molecule has 0 bridgehead atoms. The number of methoxy groups -OCH3 is 1. The minimum atomic E-state index is -0.0439. The van der Waals surface area contributed by atoms with E-state index in [1.807, 2.05) is 50.2 Å². The number of hydrogen-bond acceptors (Lipinski definition) is 7. The molecule has 0 atom stereocenters. The summed E-state index contributed by atoms with van der Waals surface area (Å²) in [4.78, 5) is 25.8. The van der Waals surface area contributed by atoms with Crippen LogP contribution in [0.3, 0.4) is 0 Å². The predicted molar refractivity (Wildman–Crippen MR) is 135 cm³/mol. The molecule has 2 aromatic carbocycles. The van der Waals surface area contributed by atoms with Crippen LogP contribution in [0.15, 0.2) is 59.9 Å². The van der Waals surface area contributed by atoms with Gasteiger partial charge >= 0.3 is 0 Å². The number of nitrogens with one attached hydrogen (secondary N) is 1. The van der Waals surface area contributed by atoms with E-state index in [-0.39, 0.29) is 5.91 Å². The van der Waals surface area contributed by atoms with Gasteiger partial charge in [-0.1, -0.05) is 41.6 Å². The van der Waals surface area contributed by atoms with Crippen LogP contribution in [-0.4, -0.2) is 54.9 Å². The molecule has 1 aliphatic rings. The van der Waals surface area contributed by atoms with E-state index in [2.05, 4.69) is 37.2 Å². The van der Waals surface area contributed by atoms with Crippen LogP contribution >= 0.6 is 11.8 Å². The lowest BCUT2D eigenvalue weighted by molar-refractivity contribution is -0.113. The molecule has 1 aliphatic heterocycles.